The molecule has 0 bridgehead atoms. The molecule has 0 fully saturated rings. The lowest BCUT2D eigenvalue weighted by molar-refractivity contribution is 0.369. The summed E-state index contributed by atoms with van der Waals surface area (Å²) in [5, 5.41) is 0. The molecule has 1 nitrogen and oxygen atoms in total. The molecule has 0 spiro atoms. The molecule has 0 amide bonds. The number of hydrogen-bond acceptors (Lipinski definition) is 1. The van der Waals surface area contributed by atoms with E-state index in [9.17, 15) is 0 Å². The van der Waals surface area contributed by atoms with Crippen LogP contribution in [-0.4, -0.2) is 18.5 Å². The van der Waals surface area contributed by atoms with Crippen LogP contribution in [0.1, 0.15) is 24.5 Å². The van der Waals surface area contributed by atoms with Gasteiger partial charge in [0.25, 0.3) is 0 Å². The van der Waals surface area contributed by atoms with E-state index in [4.69, 9.17) is 0 Å². The van der Waals surface area contributed by atoms with Gasteiger partial charge in [-0.25, -0.2) is 0 Å². The number of rotatable bonds is 3. The van der Waals surface area contributed by atoms with Crippen LogP contribution in [0.15, 0.2) is 24.3 Å². The second-order valence-electron chi connectivity index (χ2n) is 3.86. The average molecular weight is 201 g/mol. The van der Waals surface area contributed by atoms with Gasteiger partial charge in [-0.05, 0) is 19.5 Å². The van der Waals surface area contributed by atoms with Crippen molar-refractivity contribution in [1.82, 2.24) is 4.90 Å². The highest BCUT2D eigenvalue weighted by atomic mass is 15.1. The minimum Gasteiger partial charge on any atom is -0.291 e. The summed E-state index contributed by atoms with van der Waals surface area (Å²) in [4.78, 5) is 2.23. The SMILES string of the molecule is CCC#CCN(C)Cc1ccc(C)cc1. The monoisotopic (exact) mass is 201 g/mol. The third-order valence-corrected chi connectivity index (χ3v) is 2.22. The van der Waals surface area contributed by atoms with Crippen LogP contribution in [0.2, 0.25) is 0 Å². The molecule has 1 rings (SSSR count). The molecule has 1 heteroatoms. The molecule has 80 valence electrons. The van der Waals surface area contributed by atoms with E-state index >= 15 is 0 Å². The Hall–Kier alpha value is -1.26. The molecular weight excluding hydrogens is 182 g/mol. The fraction of sp³-hybridized carbons (Fsp3) is 0.429. The Morgan fingerprint density at radius 1 is 1.13 bits per heavy atom. The van der Waals surface area contributed by atoms with Crippen molar-refractivity contribution in [3.8, 4) is 11.8 Å². The van der Waals surface area contributed by atoms with Gasteiger partial charge < -0.3 is 0 Å². The second-order valence-corrected chi connectivity index (χ2v) is 3.86. The predicted molar refractivity (Wildman–Crippen MR) is 65.6 cm³/mol. The Morgan fingerprint density at radius 3 is 2.40 bits per heavy atom. The van der Waals surface area contributed by atoms with E-state index < -0.39 is 0 Å². The van der Waals surface area contributed by atoms with E-state index in [0.717, 1.165) is 19.5 Å². The van der Waals surface area contributed by atoms with Crippen LogP contribution in [0.5, 0.6) is 0 Å². The van der Waals surface area contributed by atoms with Gasteiger partial charge in [-0.15, -0.1) is 5.92 Å². The van der Waals surface area contributed by atoms with Gasteiger partial charge in [0.1, 0.15) is 0 Å². The van der Waals surface area contributed by atoms with Crippen LogP contribution in [0.3, 0.4) is 0 Å². The molecule has 0 N–H and O–H groups in total. The molecule has 0 aliphatic carbocycles. The lowest BCUT2D eigenvalue weighted by Gasteiger charge is -2.13. The van der Waals surface area contributed by atoms with E-state index in [1.807, 2.05) is 0 Å². The summed E-state index contributed by atoms with van der Waals surface area (Å²) >= 11 is 0. The fourth-order valence-corrected chi connectivity index (χ4v) is 1.38. The van der Waals surface area contributed by atoms with Crippen LogP contribution in [0.4, 0.5) is 0 Å². The number of hydrogen-bond donors (Lipinski definition) is 0. The molecule has 0 aromatic heterocycles. The fourth-order valence-electron chi connectivity index (χ4n) is 1.38. The Balaban J connectivity index is 2.44. The topological polar surface area (TPSA) is 3.24 Å². The van der Waals surface area contributed by atoms with Crippen LogP contribution in [0, 0.1) is 18.8 Å². The first kappa shape index (κ1) is 11.8. The van der Waals surface area contributed by atoms with Gasteiger partial charge >= 0.3 is 0 Å². The van der Waals surface area contributed by atoms with Gasteiger partial charge in [0.15, 0.2) is 0 Å². The quantitative estimate of drug-likeness (QED) is 0.680. The van der Waals surface area contributed by atoms with Crippen molar-refractivity contribution in [3.05, 3.63) is 35.4 Å². The van der Waals surface area contributed by atoms with Gasteiger partial charge in [-0.1, -0.05) is 42.7 Å². The Morgan fingerprint density at radius 2 is 1.80 bits per heavy atom. The summed E-state index contributed by atoms with van der Waals surface area (Å²) in [7, 11) is 2.10. The molecule has 1 aromatic carbocycles. The highest BCUT2D eigenvalue weighted by molar-refractivity contribution is 5.21. The van der Waals surface area contributed by atoms with Crippen LogP contribution in [-0.2, 0) is 6.54 Å². The first-order chi connectivity index (χ1) is 7.22. The molecule has 0 saturated carbocycles. The summed E-state index contributed by atoms with van der Waals surface area (Å²) in [5.74, 6) is 6.22. The van der Waals surface area contributed by atoms with Crippen LogP contribution >= 0.6 is 0 Å². The van der Waals surface area contributed by atoms with Crippen LogP contribution in [0.25, 0.3) is 0 Å². The smallest absolute Gasteiger partial charge is 0.0601 e. The maximum absolute atomic E-state index is 3.14. The standard InChI is InChI=1S/C14H19N/c1-4-5-6-11-15(3)12-14-9-7-13(2)8-10-14/h7-10H,4,11-12H2,1-3H3. The summed E-state index contributed by atoms with van der Waals surface area (Å²) in [6.45, 7) is 6.01. The van der Waals surface area contributed by atoms with Gasteiger partial charge in [0.05, 0.1) is 6.54 Å². The van der Waals surface area contributed by atoms with E-state index in [2.05, 4.69) is 61.9 Å². The minimum absolute atomic E-state index is 0.849. The van der Waals surface area contributed by atoms with Crippen LogP contribution < -0.4 is 0 Å². The average Bonchev–Trinajstić information content (AvgIpc) is 2.22. The van der Waals surface area contributed by atoms with Gasteiger partial charge in [0.2, 0.25) is 0 Å². The van der Waals surface area contributed by atoms with Crippen molar-refractivity contribution in [2.75, 3.05) is 13.6 Å². The molecule has 0 atom stereocenters. The van der Waals surface area contributed by atoms with Crippen molar-refractivity contribution < 1.29 is 0 Å². The zero-order valence-corrected chi connectivity index (χ0v) is 9.88. The summed E-state index contributed by atoms with van der Waals surface area (Å²) in [6.07, 6.45) is 0.943. The maximum atomic E-state index is 3.14. The zero-order chi connectivity index (χ0) is 11.1. The van der Waals surface area contributed by atoms with Crippen molar-refractivity contribution in [2.24, 2.45) is 0 Å². The predicted octanol–water partition coefficient (Wildman–Crippen LogP) is 2.84. The Labute approximate surface area is 93.1 Å². The van der Waals surface area contributed by atoms with E-state index in [1.54, 1.807) is 0 Å². The molecule has 0 aliphatic rings. The summed E-state index contributed by atoms with van der Waals surface area (Å²) in [5.41, 5.74) is 2.66. The van der Waals surface area contributed by atoms with Gasteiger partial charge in [0, 0.05) is 13.0 Å². The lowest BCUT2D eigenvalue weighted by Crippen LogP contribution is -2.17. The molecule has 0 unspecified atom stereocenters. The first-order valence-electron chi connectivity index (χ1n) is 5.42. The third kappa shape index (κ3) is 4.67. The maximum Gasteiger partial charge on any atom is 0.0601 e. The molecule has 0 saturated heterocycles. The molecule has 1 aromatic rings. The first-order valence-corrected chi connectivity index (χ1v) is 5.42. The normalized spacial score (nSPS) is 9.87. The summed E-state index contributed by atoms with van der Waals surface area (Å²) < 4.78 is 0. The van der Waals surface area contributed by atoms with Crippen molar-refractivity contribution in [2.45, 2.75) is 26.8 Å². The third-order valence-electron chi connectivity index (χ3n) is 2.22. The van der Waals surface area contributed by atoms with Crippen molar-refractivity contribution >= 4 is 0 Å². The number of aryl methyl sites for hydroxylation is 1. The molecule has 15 heavy (non-hydrogen) atoms. The molecule has 0 radical (unpaired) electrons. The molecule has 0 heterocycles. The minimum atomic E-state index is 0.849. The van der Waals surface area contributed by atoms with E-state index in [-0.39, 0.29) is 0 Å². The second kappa shape index (κ2) is 6.27. The van der Waals surface area contributed by atoms with Crippen molar-refractivity contribution in [3.63, 3.8) is 0 Å². The van der Waals surface area contributed by atoms with Gasteiger partial charge in [-0.2, -0.15) is 0 Å². The zero-order valence-electron chi connectivity index (χ0n) is 9.88. The highest BCUT2D eigenvalue weighted by Crippen LogP contribution is 2.05. The van der Waals surface area contributed by atoms with Gasteiger partial charge in [-0.3, -0.25) is 4.90 Å². The molecular formula is C14H19N. The highest BCUT2D eigenvalue weighted by Gasteiger charge is 1.97. The van der Waals surface area contributed by atoms with E-state index in [1.165, 1.54) is 11.1 Å². The van der Waals surface area contributed by atoms with E-state index in [0.29, 0.717) is 0 Å². The Bertz CT molecular complexity index is 340. The largest absolute Gasteiger partial charge is 0.291 e. The lowest BCUT2D eigenvalue weighted by atomic mass is 10.1. The number of nitrogens with zero attached hydrogens (tertiary/aromatic N) is 1. The number of benzene rings is 1. The molecule has 0 aliphatic heterocycles. The summed E-state index contributed by atoms with van der Waals surface area (Å²) in [6, 6.07) is 8.67. The Kier molecular flexibility index (Phi) is 4.93. The van der Waals surface area contributed by atoms with Crippen molar-refractivity contribution in [1.29, 1.82) is 0 Å².